The van der Waals surface area contributed by atoms with Gasteiger partial charge in [-0.3, -0.25) is 0 Å². The summed E-state index contributed by atoms with van der Waals surface area (Å²) >= 11 is 3.47. The van der Waals surface area contributed by atoms with Crippen molar-refractivity contribution in [2.45, 2.75) is 13.3 Å². The number of hydrogen-bond acceptors (Lipinski definition) is 3. The smallest absolute Gasteiger partial charge is 0.333 e. The topological polar surface area (TPSA) is 38.3 Å². The molecule has 0 saturated heterocycles. The molecule has 0 atom stereocenters. The van der Waals surface area contributed by atoms with Crippen LogP contribution in [0.1, 0.15) is 13.3 Å². The molecule has 1 N–H and O–H groups in total. The minimum atomic E-state index is -0.261. The summed E-state index contributed by atoms with van der Waals surface area (Å²) in [4.78, 5) is 11.5. The summed E-state index contributed by atoms with van der Waals surface area (Å²) in [6.45, 7) is 2.54. The molecular weight excluding hydrogens is 330 g/mol. The van der Waals surface area contributed by atoms with Crippen molar-refractivity contribution in [2.24, 2.45) is 0 Å². The average Bonchev–Trinajstić information content (AvgIpc) is 2.51. The molecule has 0 aliphatic carbocycles. The second-order valence-electron chi connectivity index (χ2n) is 4.66. The van der Waals surface area contributed by atoms with Crippen molar-refractivity contribution in [1.82, 2.24) is 0 Å². The van der Waals surface area contributed by atoms with Gasteiger partial charge in [0.05, 0.1) is 7.11 Å². The Hall–Kier alpha value is -1.81. The molecule has 0 aliphatic heterocycles. The molecular formula is C17H18BrNO2. The van der Waals surface area contributed by atoms with Crippen molar-refractivity contribution in [2.75, 3.05) is 19.0 Å². The van der Waals surface area contributed by atoms with E-state index in [1.807, 2.05) is 25.1 Å². The van der Waals surface area contributed by atoms with Gasteiger partial charge in [-0.15, -0.1) is 0 Å². The highest BCUT2D eigenvalue weighted by molar-refractivity contribution is 9.10. The number of benzene rings is 2. The Kier molecular flexibility index (Phi) is 5.39. The van der Waals surface area contributed by atoms with Crippen molar-refractivity contribution in [3.8, 4) is 0 Å². The van der Waals surface area contributed by atoms with Crippen molar-refractivity contribution in [1.29, 1.82) is 0 Å². The molecule has 0 spiro atoms. The maximum absolute atomic E-state index is 11.5. The Balaban J connectivity index is 2.08. The lowest BCUT2D eigenvalue weighted by Crippen LogP contribution is -2.07. The van der Waals surface area contributed by atoms with Crippen molar-refractivity contribution >= 4 is 38.4 Å². The Bertz CT molecular complexity index is 680. The van der Waals surface area contributed by atoms with Crippen LogP contribution < -0.4 is 5.32 Å². The molecule has 2 aromatic rings. The van der Waals surface area contributed by atoms with Gasteiger partial charge in [-0.25, -0.2) is 4.79 Å². The average molecular weight is 348 g/mol. The first-order valence-corrected chi connectivity index (χ1v) is 7.64. The van der Waals surface area contributed by atoms with Gasteiger partial charge in [-0.2, -0.15) is 0 Å². The molecule has 0 aliphatic rings. The predicted octanol–water partition coefficient (Wildman–Crippen LogP) is 4.52. The molecule has 2 aromatic carbocycles. The minimum absolute atomic E-state index is 0.261. The minimum Gasteiger partial charge on any atom is -0.466 e. The van der Waals surface area contributed by atoms with E-state index >= 15 is 0 Å². The Morgan fingerprint density at radius 1 is 1.24 bits per heavy atom. The Morgan fingerprint density at radius 3 is 2.67 bits per heavy atom. The van der Waals surface area contributed by atoms with Gasteiger partial charge in [0.2, 0.25) is 0 Å². The summed E-state index contributed by atoms with van der Waals surface area (Å²) in [6, 6.07) is 12.4. The van der Waals surface area contributed by atoms with Crippen LogP contribution in [0, 0.1) is 0 Å². The number of anilines is 1. The van der Waals surface area contributed by atoms with E-state index in [0.29, 0.717) is 18.5 Å². The lowest BCUT2D eigenvalue weighted by atomic mass is 10.1. The van der Waals surface area contributed by atoms with E-state index in [2.05, 4.69) is 45.5 Å². The van der Waals surface area contributed by atoms with Crippen LogP contribution in [-0.4, -0.2) is 19.6 Å². The van der Waals surface area contributed by atoms with Crippen LogP contribution >= 0.6 is 15.9 Å². The molecule has 2 rings (SSSR count). The number of halogens is 1. The number of ether oxygens (including phenoxy) is 1. The fourth-order valence-electron chi connectivity index (χ4n) is 2.12. The monoisotopic (exact) mass is 347 g/mol. The zero-order chi connectivity index (χ0) is 15.2. The number of esters is 1. The SMILES string of the molecule is CC/C(=C/CNc1ccc2cc(Br)ccc2c1)C(=O)OC. The third kappa shape index (κ3) is 4.08. The molecule has 0 amide bonds. The van der Waals surface area contributed by atoms with Crippen LogP contribution in [0.4, 0.5) is 5.69 Å². The van der Waals surface area contributed by atoms with Gasteiger partial charge in [-0.1, -0.05) is 41.1 Å². The van der Waals surface area contributed by atoms with E-state index in [0.717, 1.165) is 10.2 Å². The lowest BCUT2D eigenvalue weighted by Gasteiger charge is -2.07. The number of methoxy groups -OCH3 is 1. The van der Waals surface area contributed by atoms with E-state index in [-0.39, 0.29) is 5.97 Å². The number of carbonyl (C=O) groups excluding carboxylic acids is 1. The molecule has 110 valence electrons. The molecule has 0 bridgehead atoms. The maximum Gasteiger partial charge on any atom is 0.333 e. The molecule has 21 heavy (non-hydrogen) atoms. The lowest BCUT2D eigenvalue weighted by molar-refractivity contribution is -0.136. The van der Waals surface area contributed by atoms with Gasteiger partial charge in [0.1, 0.15) is 0 Å². The Morgan fingerprint density at radius 2 is 1.95 bits per heavy atom. The normalized spacial score (nSPS) is 11.5. The van der Waals surface area contributed by atoms with Gasteiger partial charge in [0.15, 0.2) is 0 Å². The van der Waals surface area contributed by atoms with E-state index in [1.165, 1.54) is 17.9 Å². The molecule has 0 saturated carbocycles. The number of carbonyl (C=O) groups is 1. The predicted molar refractivity (Wildman–Crippen MR) is 90.5 cm³/mol. The fraction of sp³-hybridized carbons (Fsp3) is 0.235. The highest BCUT2D eigenvalue weighted by Crippen LogP contribution is 2.22. The number of nitrogens with one attached hydrogen (secondary N) is 1. The molecule has 0 radical (unpaired) electrons. The second kappa shape index (κ2) is 7.27. The molecule has 4 heteroatoms. The third-order valence-electron chi connectivity index (χ3n) is 3.29. The summed E-state index contributed by atoms with van der Waals surface area (Å²) in [5.41, 5.74) is 1.72. The molecule has 0 fully saturated rings. The van der Waals surface area contributed by atoms with E-state index in [4.69, 9.17) is 4.74 Å². The van der Waals surface area contributed by atoms with E-state index < -0.39 is 0 Å². The maximum atomic E-state index is 11.5. The zero-order valence-electron chi connectivity index (χ0n) is 12.2. The summed E-state index contributed by atoms with van der Waals surface area (Å²) in [5.74, 6) is -0.261. The van der Waals surface area contributed by atoms with Gasteiger partial charge < -0.3 is 10.1 Å². The van der Waals surface area contributed by atoms with Crippen LogP contribution in [0.25, 0.3) is 10.8 Å². The first kappa shape index (κ1) is 15.6. The van der Waals surface area contributed by atoms with Crippen molar-refractivity contribution in [3.63, 3.8) is 0 Å². The fourth-order valence-corrected chi connectivity index (χ4v) is 2.50. The number of fused-ring (bicyclic) bond motifs is 1. The largest absolute Gasteiger partial charge is 0.466 e. The van der Waals surface area contributed by atoms with Crippen LogP contribution in [-0.2, 0) is 9.53 Å². The number of hydrogen-bond donors (Lipinski definition) is 1. The summed E-state index contributed by atoms with van der Waals surface area (Å²) in [5, 5.41) is 5.67. The second-order valence-corrected chi connectivity index (χ2v) is 5.58. The number of rotatable bonds is 5. The van der Waals surface area contributed by atoms with Crippen LogP contribution in [0.3, 0.4) is 0 Å². The molecule has 0 heterocycles. The van der Waals surface area contributed by atoms with Crippen LogP contribution in [0.5, 0.6) is 0 Å². The first-order valence-electron chi connectivity index (χ1n) is 6.84. The molecule has 0 aromatic heterocycles. The van der Waals surface area contributed by atoms with E-state index in [9.17, 15) is 4.79 Å². The molecule has 0 unspecified atom stereocenters. The third-order valence-corrected chi connectivity index (χ3v) is 3.78. The molecule has 3 nitrogen and oxygen atoms in total. The van der Waals surface area contributed by atoms with Gasteiger partial charge in [0.25, 0.3) is 0 Å². The standard InChI is InChI=1S/C17H18BrNO2/c1-3-12(17(20)21-2)8-9-19-16-7-5-13-10-15(18)6-4-14(13)11-16/h4-8,10-11,19H,3,9H2,1-2H3/b12-8-. The first-order chi connectivity index (χ1) is 10.1. The van der Waals surface area contributed by atoms with Gasteiger partial charge >= 0.3 is 5.97 Å². The zero-order valence-corrected chi connectivity index (χ0v) is 13.7. The summed E-state index contributed by atoms with van der Waals surface area (Å²) in [7, 11) is 1.40. The summed E-state index contributed by atoms with van der Waals surface area (Å²) in [6.07, 6.45) is 2.54. The highest BCUT2D eigenvalue weighted by Gasteiger charge is 2.05. The highest BCUT2D eigenvalue weighted by atomic mass is 79.9. The van der Waals surface area contributed by atoms with Gasteiger partial charge in [0, 0.05) is 22.3 Å². The summed E-state index contributed by atoms with van der Waals surface area (Å²) < 4.78 is 5.81. The van der Waals surface area contributed by atoms with Crippen LogP contribution in [0.2, 0.25) is 0 Å². The Labute approximate surface area is 133 Å². The van der Waals surface area contributed by atoms with Crippen LogP contribution in [0.15, 0.2) is 52.5 Å². The van der Waals surface area contributed by atoms with Crippen molar-refractivity contribution < 1.29 is 9.53 Å². The van der Waals surface area contributed by atoms with Gasteiger partial charge in [-0.05, 0) is 41.5 Å². The quantitative estimate of drug-likeness (QED) is 0.638. The van der Waals surface area contributed by atoms with Crippen molar-refractivity contribution in [3.05, 3.63) is 52.5 Å². The van der Waals surface area contributed by atoms with E-state index in [1.54, 1.807) is 0 Å².